The van der Waals surface area contributed by atoms with Gasteiger partial charge in [0.15, 0.2) is 0 Å². The molecule has 1 N–H and O–H groups in total. The molecule has 1 unspecified atom stereocenters. The summed E-state index contributed by atoms with van der Waals surface area (Å²) in [6.45, 7) is 6.90. The molecule has 182 valence electrons. The van der Waals surface area contributed by atoms with Crippen molar-refractivity contribution in [2.75, 3.05) is 57.3 Å². The Morgan fingerprint density at radius 1 is 0.970 bits per heavy atom. The highest BCUT2D eigenvalue weighted by molar-refractivity contribution is 6.03. The number of ether oxygens (including phenoxy) is 1. The van der Waals surface area contributed by atoms with Gasteiger partial charge in [0.25, 0.3) is 0 Å². The molecule has 0 radical (unpaired) electrons. The predicted octanol–water partition coefficient (Wildman–Crippen LogP) is 2.54. The summed E-state index contributed by atoms with van der Waals surface area (Å²) in [5, 5.41) is 3.39. The molecule has 1 atom stereocenters. The van der Waals surface area contributed by atoms with Crippen LogP contribution in [0.1, 0.15) is 38.5 Å². The molecule has 2 aliphatic carbocycles. The Hall–Kier alpha value is -1.83. The summed E-state index contributed by atoms with van der Waals surface area (Å²) in [6, 6.07) is 8.96. The fourth-order valence-electron chi connectivity index (χ4n) is 4.74. The number of benzene rings is 1. The van der Waals surface area contributed by atoms with E-state index in [2.05, 4.69) is 39.4 Å². The van der Waals surface area contributed by atoms with E-state index in [1.54, 1.807) is 0 Å². The van der Waals surface area contributed by atoms with Gasteiger partial charge in [-0.2, -0.15) is 0 Å². The molecule has 33 heavy (non-hydrogen) atoms. The number of rotatable bonds is 11. The number of hydrogen-bond donors (Lipinski definition) is 1. The molecule has 1 aromatic rings. The highest BCUT2D eigenvalue weighted by Gasteiger charge is 2.38. The zero-order valence-corrected chi connectivity index (χ0v) is 20.2. The topological polar surface area (TPSA) is 65.1 Å². The van der Waals surface area contributed by atoms with Crippen LogP contribution < -0.4 is 15.0 Å². The lowest BCUT2D eigenvalue weighted by Gasteiger charge is -2.37. The van der Waals surface area contributed by atoms with Gasteiger partial charge in [-0.1, -0.05) is 12.1 Å². The van der Waals surface area contributed by atoms with E-state index in [0.717, 1.165) is 57.4 Å². The number of carbonyl (C=O) groups is 2. The van der Waals surface area contributed by atoms with Crippen LogP contribution in [0.5, 0.6) is 5.75 Å². The molecule has 0 spiro atoms. The third kappa shape index (κ3) is 6.40. The molecule has 2 saturated carbocycles. The molecule has 2 aliphatic heterocycles. The Labute approximate surface area is 203 Å². The average Bonchev–Trinajstić information content (AvgIpc) is 3.74. The first-order chi connectivity index (χ1) is 15.7. The van der Waals surface area contributed by atoms with E-state index >= 15 is 0 Å². The van der Waals surface area contributed by atoms with Crippen molar-refractivity contribution in [3.8, 4) is 5.75 Å². The SMILES string of the molecule is Cl.O=C1CC(CNC2CC2)C(=O)N1CCCN1CCN(c2ccccc2OCC2CC2)CC1. The Bertz CT molecular complexity index is 822. The van der Waals surface area contributed by atoms with E-state index in [-0.39, 0.29) is 30.1 Å². The van der Waals surface area contributed by atoms with Crippen molar-refractivity contribution in [1.82, 2.24) is 15.1 Å². The number of piperazine rings is 1. The largest absolute Gasteiger partial charge is 0.491 e. The maximum Gasteiger partial charge on any atom is 0.234 e. The van der Waals surface area contributed by atoms with Gasteiger partial charge in [-0.25, -0.2) is 0 Å². The quantitative estimate of drug-likeness (QED) is 0.495. The Morgan fingerprint density at radius 2 is 1.73 bits per heavy atom. The Kier molecular flexibility index (Phi) is 8.15. The number of halogens is 1. The maximum absolute atomic E-state index is 12.6. The highest BCUT2D eigenvalue weighted by Crippen LogP contribution is 2.33. The van der Waals surface area contributed by atoms with Crippen molar-refractivity contribution in [2.45, 2.75) is 44.6 Å². The fourth-order valence-corrected chi connectivity index (χ4v) is 4.74. The van der Waals surface area contributed by atoms with Crippen LogP contribution in [0.25, 0.3) is 0 Å². The predicted molar refractivity (Wildman–Crippen MR) is 131 cm³/mol. The number of nitrogens with zero attached hydrogens (tertiary/aromatic N) is 3. The van der Waals surface area contributed by atoms with Gasteiger partial charge in [-0.05, 0) is 56.7 Å². The minimum atomic E-state index is -0.158. The van der Waals surface area contributed by atoms with Crippen molar-refractivity contribution in [3.05, 3.63) is 24.3 Å². The van der Waals surface area contributed by atoms with Gasteiger partial charge in [0.2, 0.25) is 11.8 Å². The van der Waals surface area contributed by atoms with Crippen molar-refractivity contribution in [3.63, 3.8) is 0 Å². The Balaban J connectivity index is 0.00000259. The van der Waals surface area contributed by atoms with Crippen LogP contribution in [0.4, 0.5) is 5.69 Å². The van der Waals surface area contributed by atoms with Crippen LogP contribution in [0.15, 0.2) is 24.3 Å². The standard InChI is InChI=1S/C25H36N4O3.ClH/c30-24-16-20(17-26-21-8-9-21)25(31)29(24)11-3-10-27-12-14-28(15-13-27)22-4-1-2-5-23(22)32-18-19-6-7-19;/h1-2,4-5,19-21,26H,3,6-18H2;1H. The third-order valence-electron chi connectivity index (χ3n) is 7.17. The van der Waals surface area contributed by atoms with Gasteiger partial charge >= 0.3 is 0 Å². The first-order valence-electron chi connectivity index (χ1n) is 12.4. The molecule has 5 rings (SSSR count). The summed E-state index contributed by atoms with van der Waals surface area (Å²) in [7, 11) is 0. The van der Waals surface area contributed by atoms with Gasteiger partial charge in [-0.15, -0.1) is 12.4 Å². The second-order valence-electron chi connectivity index (χ2n) is 9.87. The lowest BCUT2D eigenvalue weighted by molar-refractivity contribution is -0.139. The van der Waals surface area contributed by atoms with Gasteiger partial charge < -0.3 is 15.0 Å². The smallest absolute Gasteiger partial charge is 0.234 e. The summed E-state index contributed by atoms with van der Waals surface area (Å²) >= 11 is 0. The summed E-state index contributed by atoms with van der Waals surface area (Å²) in [5.74, 6) is 1.62. The van der Waals surface area contributed by atoms with Crippen LogP contribution in [0.3, 0.4) is 0 Å². The van der Waals surface area contributed by atoms with E-state index in [1.165, 1.54) is 36.3 Å². The number of imide groups is 1. The third-order valence-corrected chi connectivity index (χ3v) is 7.17. The van der Waals surface area contributed by atoms with E-state index < -0.39 is 0 Å². The maximum atomic E-state index is 12.6. The zero-order chi connectivity index (χ0) is 21.9. The fraction of sp³-hybridized carbons (Fsp3) is 0.680. The molecule has 1 aromatic carbocycles. The van der Waals surface area contributed by atoms with Gasteiger partial charge in [0.1, 0.15) is 5.75 Å². The molecule has 4 aliphatic rings. The van der Waals surface area contributed by atoms with Crippen molar-refractivity contribution in [1.29, 1.82) is 0 Å². The lowest BCUT2D eigenvalue weighted by Crippen LogP contribution is -2.47. The molecule has 8 heteroatoms. The van der Waals surface area contributed by atoms with E-state index in [1.807, 2.05) is 0 Å². The molecule has 0 aromatic heterocycles. The summed E-state index contributed by atoms with van der Waals surface area (Å²) in [6.07, 6.45) is 6.22. The molecule has 2 heterocycles. The monoisotopic (exact) mass is 476 g/mol. The van der Waals surface area contributed by atoms with Gasteiger partial charge in [-0.3, -0.25) is 19.4 Å². The number of nitrogens with one attached hydrogen (secondary N) is 1. The minimum Gasteiger partial charge on any atom is -0.491 e. The van der Waals surface area contributed by atoms with Gasteiger partial charge in [0, 0.05) is 51.7 Å². The average molecular weight is 477 g/mol. The van der Waals surface area contributed by atoms with Crippen LogP contribution in [0, 0.1) is 11.8 Å². The second kappa shape index (κ2) is 11.1. The number of amides is 2. The number of hydrogen-bond acceptors (Lipinski definition) is 6. The van der Waals surface area contributed by atoms with E-state index in [9.17, 15) is 9.59 Å². The molecule has 0 bridgehead atoms. The first kappa shape index (κ1) is 24.3. The van der Waals surface area contributed by atoms with Crippen LogP contribution in [-0.4, -0.2) is 80.1 Å². The molecule has 7 nitrogen and oxygen atoms in total. The lowest BCUT2D eigenvalue weighted by atomic mass is 10.1. The molecule has 4 fully saturated rings. The second-order valence-corrected chi connectivity index (χ2v) is 9.87. The van der Waals surface area contributed by atoms with Crippen LogP contribution in [-0.2, 0) is 9.59 Å². The molecule has 2 amide bonds. The number of para-hydroxylation sites is 2. The van der Waals surface area contributed by atoms with Crippen LogP contribution >= 0.6 is 12.4 Å². The summed E-state index contributed by atoms with van der Waals surface area (Å²) < 4.78 is 6.10. The first-order valence-corrected chi connectivity index (χ1v) is 12.4. The van der Waals surface area contributed by atoms with Gasteiger partial charge in [0.05, 0.1) is 18.2 Å². The molecular formula is C25H37ClN4O3. The van der Waals surface area contributed by atoms with Crippen molar-refractivity contribution < 1.29 is 14.3 Å². The van der Waals surface area contributed by atoms with Crippen LogP contribution in [0.2, 0.25) is 0 Å². The van der Waals surface area contributed by atoms with Crippen molar-refractivity contribution in [2.24, 2.45) is 11.8 Å². The number of carbonyl (C=O) groups excluding carboxylic acids is 2. The van der Waals surface area contributed by atoms with Crippen molar-refractivity contribution >= 4 is 29.9 Å². The number of anilines is 1. The summed E-state index contributed by atoms with van der Waals surface area (Å²) in [4.78, 5) is 31.3. The molecular weight excluding hydrogens is 440 g/mol. The Morgan fingerprint density at radius 3 is 2.45 bits per heavy atom. The number of likely N-dealkylation sites (tertiary alicyclic amines) is 1. The summed E-state index contributed by atoms with van der Waals surface area (Å²) in [5.41, 5.74) is 1.20. The minimum absolute atomic E-state index is 0. The zero-order valence-electron chi connectivity index (χ0n) is 19.4. The normalized spacial score (nSPS) is 23.7. The van der Waals surface area contributed by atoms with E-state index in [0.29, 0.717) is 25.6 Å². The molecule has 2 saturated heterocycles. The van der Waals surface area contributed by atoms with E-state index in [4.69, 9.17) is 4.74 Å². The highest BCUT2D eigenvalue weighted by atomic mass is 35.5.